The molecule has 0 aliphatic carbocycles. The smallest absolute Gasteiger partial charge is 0.225 e. The Morgan fingerprint density at radius 1 is 1.32 bits per heavy atom. The summed E-state index contributed by atoms with van der Waals surface area (Å²) in [5.41, 5.74) is 3.03. The summed E-state index contributed by atoms with van der Waals surface area (Å²) < 4.78 is 2.02. The van der Waals surface area contributed by atoms with Gasteiger partial charge in [0, 0.05) is 29.4 Å². The molecule has 0 saturated carbocycles. The monoisotopic (exact) mass is 313 g/mol. The molecule has 0 bridgehead atoms. The summed E-state index contributed by atoms with van der Waals surface area (Å²) in [4.78, 5) is 17.5. The lowest BCUT2D eigenvalue weighted by molar-refractivity contribution is -0.120. The third-order valence-electron chi connectivity index (χ3n) is 3.55. The molecule has 0 radical (unpaired) electrons. The van der Waals surface area contributed by atoms with Crippen LogP contribution in [-0.2, 0) is 11.2 Å². The predicted molar refractivity (Wildman–Crippen MR) is 90.1 cm³/mol. The quantitative estimate of drug-likeness (QED) is 0.708. The number of amides is 1. The summed E-state index contributed by atoms with van der Waals surface area (Å²) in [6, 6.07) is 10.1. The first-order chi connectivity index (χ1) is 10.8. The second-order valence-corrected chi connectivity index (χ2v) is 6.09. The number of hydrogen-bond acceptors (Lipinski definition) is 3. The van der Waals surface area contributed by atoms with Crippen LogP contribution in [0.2, 0.25) is 0 Å². The fraction of sp³-hybridized carbons (Fsp3) is 0.294. The second kappa shape index (κ2) is 6.75. The van der Waals surface area contributed by atoms with E-state index in [1.165, 1.54) is 0 Å². The number of thiazole rings is 1. The molecule has 5 heteroatoms. The summed E-state index contributed by atoms with van der Waals surface area (Å²) in [6.45, 7) is 2.87. The van der Waals surface area contributed by atoms with E-state index in [9.17, 15) is 4.79 Å². The Kier molecular flexibility index (Phi) is 4.53. The van der Waals surface area contributed by atoms with Gasteiger partial charge in [-0.2, -0.15) is 0 Å². The zero-order valence-corrected chi connectivity index (χ0v) is 13.4. The fourth-order valence-corrected chi connectivity index (χ4v) is 3.21. The molecule has 22 heavy (non-hydrogen) atoms. The summed E-state index contributed by atoms with van der Waals surface area (Å²) >= 11 is 1.57. The van der Waals surface area contributed by atoms with E-state index >= 15 is 0 Å². The first-order valence-electron chi connectivity index (χ1n) is 7.55. The standard InChI is InChI=1S/C17H19N3OS/c1-2-3-9-18-16(21)10-14-12-22-17-19-15(11-20(14)17)13-7-5-4-6-8-13/h4-8,11-12H,2-3,9-10H2,1H3,(H,18,21). The molecule has 0 spiro atoms. The zero-order valence-electron chi connectivity index (χ0n) is 12.6. The molecule has 0 aliphatic rings. The number of fused-ring (bicyclic) bond motifs is 1. The third kappa shape index (κ3) is 3.20. The number of benzene rings is 1. The molecule has 1 N–H and O–H groups in total. The van der Waals surface area contributed by atoms with Gasteiger partial charge in [0.1, 0.15) is 0 Å². The van der Waals surface area contributed by atoms with E-state index in [1.54, 1.807) is 11.3 Å². The minimum Gasteiger partial charge on any atom is -0.356 e. The van der Waals surface area contributed by atoms with Crippen molar-refractivity contribution in [2.24, 2.45) is 0 Å². The molecule has 0 aliphatic heterocycles. The molecule has 2 heterocycles. The van der Waals surface area contributed by atoms with Crippen LogP contribution in [0.25, 0.3) is 16.2 Å². The maximum Gasteiger partial charge on any atom is 0.225 e. The highest BCUT2D eigenvalue weighted by molar-refractivity contribution is 7.15. The molecule has 1 aromatic carbocycles. The van der Waals surface area contributed by atoms with Crippen LogP contribution in [0.5, 0.6) is 0 Å². The SMILES string of the molecule is CCCCNC(=O)Cc1csc2nc(-c3ccccc3)cn12. The molecular weight excluding hydrogens is 294 g/mol. The van der Waals surface area contributed by atoms with Crippen molar-refractivity contribution >= 4 is 22.2 Å². The van der Waals surface area contributed by atoms with Crippen LogP contribution < -0.4 is 5.32 Å². The van der Waals surface area contributed by atoms with Gasteiger partial charge in [-0.3, -0.25) is 9.20 Å². The minimum atomic E-state index is 0.0723. The van der Waals surface area contributed by atoms with Crippen molar-refractivity contribution in [1.82, 2.24) is 14.7 Å². The Labute approximate surface area is 133 Å². The fourth-order valence-electron chi connectivity index (χ4n) is 2.34. The third-order valence-corrected chi connectivity index (χ3v) is 4.44. The molecule has 0 saturated heterocycles. The number of nitrogens with zero attached hydrogens (tertiary/aromatic N) is 2. The topological polar surface area (TPSA) is 46.4 Å². The summed E-state index contributed by atoms with van der Waals surface area (Å²) in [7, 11) is 0. The van der Waals surface area contributed by atoms with Crippen molar-refractivity contribution in [2.75, 3.05) is 6.54 Å². The van der Waals surface area contributed by atoms with E-state index in [2.05, 4.69) is 17.2 Å². The number of aromatic nitrogens is 2. The Morgan fingerprint density at radius 2 is 2.14 bits per heavy atom. The lowest BCUT2D eigenvalue weighted by Gasteiger charge is -2.03. The van der Waals surface area contributed by atoms with Crippen LogP contribution in [0.1, 0.15) is 25.5 Å². The van der Waals surface area contributed by atoms with E-state index in [0.717, 1.165) is 41.3 Å². The number of hydrogen-bond donors (Lipinski definition) is 1. The number of imidazole rings is 1. The van der Waals surface area contributed by atoms with Crippen LogP contribution in [-0.4, -0.2) is 21.8 Å². The molecule has 114 valence electrons. The Bertz CT molecular complexity index is 761. The molecule has 4 nitrogen and oxygen atoms in total. The van der Waals surface area contributed by atoms with Gasteiger partial charge in [-0.1, -0.05) is 43.7 Å². The lowest BCUT2D eigenvalue weighted by atomic mass is 10.2. The average Bonchev–Trinajstić information content (AvgIpc) is 3.11. The maximum absolute atomic E-state index is 12.0. The number of rotatable bonds is 6. The molecule has 2 aromatic heterocycles. The van der Waals surface area contributed by atoms with Crippen molar-refractivity contribution in [1.29, 1.82) is 0 Å². The predicted octanol–water partition coefficient (Wildman–Crippen LogP) is 3.52. The van der Waals surface area contributed by atoms with Crippen LogP contribution in [0.15, 0.2) is 41.9 Å². The van der Waals surface area contributed by atoms with Crippen LogP contribution in [0.3, 0.4) is 0 Å². The molecule has 0 unspecified atom stereocenters. The van der Waals surface area contributed by atoms with Crippen LogP contribution in [0.4, 0.5) is 0 Å². The molecule has 1 amide bonds. The summed E-state index contributed by atoms with van der Waals surface area (Å²) in [5, 5.41) is 4.97. The highest BCUT2D eigenvalue weighted by Gasteiger charge is 2.12. The second-order valence-electron chi connectivity index (χ2n) is 5.25. The number of carbonyl (C=O) groups excluding carboxylic acids is 1. The van der Waals surface area contributed by atoms with Crippen molar-refractivity contribution in [2.45, 2.75) is 26.2 Å². The zero-order chi connectivity index (χ0) is 15.4. The minimum absolute atomic E-state index is 0.0723. The van der Waals surface area contributed by atoms with E-state index in [4.69, 9.17) is 0 Å². The first kappa shape index (κ1) is 14.8. The number of nitrogens with one attached hydrogen (secondary N) is 1. The molecule has 0 atom stereocenters. The van der Waals surface area contributed by atoms with Gasteiger partial charge >= 0.3 is 0 Å². The average molecular weight is 313 g/mol. The summed E-state index contributed by atoms with van der Waals surface area (Å²) in [6.07, 6.45) is 4.52. The van der Waals surface area contributed by atoms with Crippen molar-refractivity contribution in [3.63, 3.8) is 0 Å². The molecule has 0 fully saturated rings. The van der Waals surface area contributed by atoms with Gasteiger partial charge in [0.2, 0.25) is 5.91 Å². The van der Waals surface area contributed by atoms with Crippen molar-refractivity contribution in [3.05, 3.63) is 47.6 Å². The number of carbonyl (C=O) groups is 1. The highest BCUT2D eigenvalue weighted by atomic mass is 32.1. The van der Waals surface area contributed by atoms with Gasteiger partial charge in [0.05, 0.1) is 12.1 Å². The normalized spacial score (nSPS) is 11.0. The molecule has 3 rings (SSSR count). The highest BCUT2D eigenvalue weighted by Crippen LogP contribution is 2.23. The largest absolute Gasteiger partial charge is 0.356 e. The Balaban J connectivity index is 1.77. The van der Waals surface area contributed by atoms with Gasteiger partial charge < -0.3 is 5.32 Å². The maximum atomic E-state index is 12.0. The van der Waals surface area contributed by atoms with Crippen LogP contribution >= 0.6 is 11.3 Å². The van der Waals surface area contributed by atoms with Crippen molar-refractivity contribution < 1.29 is 4.79 Å². The van der Waals surface area contributed by atoms with Gasteiger partial charge in [0.25, 0.3) is 0 Å². The van der Waals surface area contributed by atoms with E-state index < -0.39 is 0 Å². The molecular formula is C17H19N3OS. The van der Waals surface area contributed by atoms with Crippen LogP contribution in [0, 0.1) is 0 Å². The first-order valence-corrected chi connectivity index (χ1v) is 8.43. The number of unbranched alkanes of at least 4 members (excludes halogenated alkanes) is 1. The van der Waals surface area contributed by atoms with E-state index in [0.29, 0.717) is 6.42 Å². The van der Waals surface area contributed by atoms with Gasteiger partial charge in [0.15, 0.2) is 4.96 Å². The van der Waals surface area contributed by atoms with Gasteiger partial charge in [-0.15, -0.1) is 11.3 Å². The van der Waals surface area contributed by atoms with Crippen molar-refractivity contribution in [3.8, 4) is 11.3 Å². The van der Waals surface area contributed by atoms with E-state index in [-0.39, 0.29) is 5.91 Å². The van der Waals surface area contributed by atoms with Gasteiger partial charge in [-0.05, 0) is 6.42 Å². The molecule has 3 aromatic rings. The Morgan fingerprint density at radius 3 is 2.91 bits per heavy atom. The van der Waals surface area contributed by atoms with Gasteiger partial charge in [-0.25, -0.2) is 4.98 Å². The summed E-state index contributed by atoms with van der Waals surface area (Å²) in [5.74, 6) is 0.0723. The Hall–Kier alpha value is -2.14. The van der Waals surface area contributed by atoms with E-state index in [1.807, 2.05) is 46.3 Å². The lowest BCUT2D eigenvalue weighted by Crippen LogP contribution is -2.26.